The average Bonchev–Trinajstić information content (AvgIpc) is 2.47. The lowest BCUT2D eigenvalue weighted by Crippen LogP contribution is -2.50. The van der Waals surface area contributed by atoms with Crippen LogP contribution in [0.5, 0.6) is 0 Å². The fourth-order valence-corrected chi connectivity index (χ4v) is 2.84. The van der Waals surface area contributed by atoms with E-state index in [9.17, 15) is 4.79 Å². The second-order valence-corrected chi connectivity index (χ2v) is 5.82. The minimum Gasteiger partial charge on any atom is -0.364 e. The van der Waals surface area contributed by atoms with Crippen LogP contribution >= 0.6 is 0 Å². The third kappa shape index (κ3) is 2.63. The molecule has 112 valence electrons. The predicted octanol–water partition coefficient (Wildman–Crippen LogP) is 1.16. The first-order valence-electron chi connectivity index (χ1n) is 7.40. The van der Waals surface area contributed by atoms with Gasteiger partial charge in [-0.05, 0) is 26.8 Å². The van der Waals surface area contributed by atoms with Crippen LogP contribution in [-0.2, 0) is 0 Å². The number of nitrogens with one attached hydrogen (secondary N) is 1. The van der Waals surface area contributed by atoms with Gasteiger partial charge < -0.3 is 9.88 Å². The van der Waals surface area contributed by atoms with E-state index in [1.807, 2.05) is 13.0 Å². The van der Waals surface area contributed by atoms with E-state index in [0.717, 1.165) is 42.9 Å². The molecule has 0 saturated carbocycles. The summed E-state index contributed by atoms with van der Waals surface area (Å²) in [6, 6.07) is 2.48. The van der Waals surface area contributed by atoms with Crippen molar-refractivity contribution in [1.82, 2.24) is 19.9 Å². The summed E-state index contributed by atoms with van der Waals surface area (Å²) in [5, 5.41) is 0.915. The molecule has 0 radical (unpaired) electrons. The zero-order valence-corrected chi connectivity index (χ0v) is 12.8. The third-order valence-corrected chi connectivity index (χ3v) is 4.21. The van der Waals surface area contributed by atoms with Gasteiger partial charge in [-0.3, -0.25) is 9.69 Å². The molecule has 0 amide bonds. The Morgan fingerprint density at radius 2 is 1.90 bits per heavy atom. The lowest BCUT2D eigenvalue weighted by molar-refractivity contribution is 0.209. The van der Waals surface area contributed by atoms with Crippen molar-refractivity contribution < 1.29 is 0 Å². The van der Waals surface area contributed by atoms with Crippen LogP contribution in [0.1, 0.15) is 19.5 Å². The van der Waals surface area contributed by atoms with Gasteiger partial charge in [-0.25, -0.2) is 9.97 Å². The van der Waals surface area contributed by atoms with E-state index in [0.29, 0.717) is 11.7 Å². The van der Waals surface area contributed by atoms with Gasteiger partial charge in [0.05, 0.1) is 5.69 Å². The fraction of sp³-hybridized carbons (Fsp3) is 0.533. The Hall–Kier alpha value is -1.95. The van der Waals surface area contributed by atoms with Gasteiger partial charge in [-0.1, -0.05) is 0 Å². The molecule has 0 aliphatic carbocycles. The molecule has 2 aromatic rings. The van der Waals surface area contributed by atoms with Gasteiger partial charge >= 0.3 is 0 Å². The van der Waals surface area contributed by atoms with Crippen LogP contribution in [0.3, 0.4) is 0 Å². The molecule has 1 N–H and O–H groups in total. The molecular weight excluding hydrogens is 266 g/mol. The maximum atomic E-state index is 12.3. The fourth-order valence-electron chi connectivity index (χ4n) is 2.84. The van der Waals surface area contributed by atoms with Crippen molar-refractivity contribution >= 4 is 16.7 Å². The molecule has 0 spiro atoms. The summed E-state index contributed by atoms with van der Waals surface area (Å²) in [6.45, 7) is 10.1. The lowest BCUT2D eigenvalue weighted by atomic mass is 10.2. The van der Waals surface area contributed by atoms with Gasteiger partial charge in [-0.2, -0.15) is 0 Å². The number of rotatable bonds is 2. The van der Waals surface area contributed by atoms with Gasteiger partial charge in [0.1, 0.15) is 17.7 Å². The van der Waals surface area contributed by atoms with Crippen molar-refractivity contribution in [3.05, 3.63) is 28.4 Å². The summed E-state index contributed by atoms with van der Waals surface area (Å²) in [5.74, 6) is 0. The zero-order valence-electron chi connectivity index (χ0n) is 12.8. The van der Waals surface area contributed by atoms with Crippen molar-refractivity contribution in [3.63, 3.8) is 0 Å². The van der Waals surface area contributed by atoms with Crippen molar-refractivity contribution in [2.75, 3.05) is 31.1 Å². The topological polar surface area (TPSA) is 65.1 Å². The highest BCUT2D eigenvalue weighted by atomic mass is 16.1. The minimum atomic E-state index is -0.0707. The van der Waals surface area contributed by atoms with Gasteiger partial charge in [0.15, 0.2) is 0 Å². The number of nitrogens with zero attached hydrogens (tertiary/aromatic N) is 4. The predicted molar refractivity (Wildman–Crippen MR) is 83.8 cm³/mol. The molecule has 1 aliphatic rings. The van der Waals surface area contributed by atoms with Gasteiger partial charge in [0, 0.05) is 37.6 Å². The number of fused-ring (bicyclic) bond motifs is 1. The molecule has 1 saturated heterocycles. The van der Waals surface area contributed by atoms with Crippen LogP contribution in [0, 0.1) is 6.92 Å². The molecule has 1 aliphatic heterocycles. The molecule has 3 rings (SSSR count). The third-order valence-electron chi connectivity index (χ3n) is 4.21. The average molecular weight is 287 g/mol. The van der Waals surface area contributed by atoms with Crippen molar-refractivity contribution in [1.29, 1.82) is 0 Å². The second kappa shape index (κ2) is 5.44. The maximum absolute atomic E-state index is 12.3. The van der Waals surface area contributed by atoms with E-state index < -0.39 is 0 Å². The maximum Gasteiger partial charge on any atom is 0.273 e. The normalized spacial score (nSPS) is 16.9. The molecule has 21 heavy (non-hydrogen) atoms. The number of pyridine rings is 1. The van der Waals surface area contributed by atoms with Gasteiger partial charge in [0.2, 0.25) is 0 Å². The first-order chi connectivity index (χ1) is 10.1. The number of aromatic nitrogens is 3. The molecule has 3 heterocycles. The Labute approximate surface area is 123 Å². The van der Waals surface area contributed by atoms with Crippen LogP contribution in [0.15, 0.2) is 17.2 Å². The molecule has 0 bridgehead atoms. The summed E-state index contributed by atoms with van der Waals surface area (Å²) in [5.41, 5.74) is 2.15. The van der Waals surface area contributed by atoms with Crippen LogP contribution in [-0.4, -0.2) is 52.1 Å². The van der Waals surface area contributed by atoms with E-state index >= 15 is 0 Å². The second-order valence-electron chi connectivity index (χ2n) is 5.82. The summed E-state index contributed by atoms with van der Waals surface area (Å²) >= 11 is 0. The van der Waals surface area contributed by atoms with E-state index in [1.54, 1.807) is 0 Å². The van der Waals surface area contributed by atoms with Crippen LogP contribution in [0.2, 0.25) is 0 Å². The molecule has 0 aromatic carbocycles. The number of hydrogen-bond donors (Lipinski definition) is 1. The first kappa shape index (κ1) is 14.0. The molecule has 6 nitrogen and oxygen atoms in total. The number of anilines is 1. The number of aromatic amines is 1. The number of H-pyrrole nitrogens is 1. The van der Waals surface area contributed by atoms with Crippen molar-refractivity contribution in [2.45, 2.75) is 26.8 Å². The van der Waals surface area contributed by atoms with Crippen LogP contribution in [0.4, 0.5) is 5.69 Å². The van der Waals surface area contributed by atoms with Gasteiger partial charge in [-0.15, -0.1) is 0 Å². The molecular formula is C15H21N5O. The summed E-state index contributed by atoms with van der Waals surface area (Å²) in [6.07, 6.45) is 1.48. The molecule has 2 aromatic heterocycles. The number of piperazine rings is 1. The SMILES string of the molecule is Cc1ncnc2[nH]c(=O)c(N3CCN(C(C)C)CC3)cc12. The Morgan fingerprint density at radius 3 is 2.57 bits per heavy atom. The Balaban J connectivity index is 1.93. The highest BCUT2D eigenvalue weighted by Gasteiger charge is 2.21. The number of aryl methyl sites for hydroxylation is 1. The number of hydrogen-bond acceptors (Lipinski definition) is 5. The quantitative estimate of drug-likeness (QED) is 0.898. The summed E-state index contributed by atoms with van der Waals surface area (Å²) in [4.78, 5) is 28.1. The monoisotopic (exact) mass is 287 g/mol. The highest BCUT2D eigenvalue weighted by molar-refractivity contribution is 5.80. The Kier molecular flexibility index (Phi) is 3.63. The molecule has 1 fully saturated rings. The van der Waals surface area contributed by atoms with Crippen molar-refractivity contribution in [3.8, 4) is 0 Å². The van der Waals surface area contributed by atoms with Gasteiger partial charge in [0.25, 0.3) is 5.56 Å². The van der Waals surface area contributed by atoms with E-state index in [4.69, 9.17) is 0 Å². The Bertz CT molecular complexity index is 701. The van der Waals surface area contributed by atoms with Crippen LogP contribution < -0.4 is 10.5 Å². The molecule has 0 atom stereocenters. The van der Waals surface area contributed by atoms with Crippen molar-refractivity contribution in [2.24, 2.45) is 0 Å². The standard InChI is InChI=1S/C15H21N5O/c1-10(2)19-4-6-20(7-5-19)13-8-12-11(3)16-9-17-14(12)18-15(13)21/h8-10H,4-7H2,1-3H3,(H,16,17,18,21). The molecule has 6 heteroatoms. The zero-order chi connectivity index (χ0) is 15.0. The summed E-state index contributed by atoms with van der Waals surface area (Å²) < 4.78 is 0. The summed E-state index contributed by atoms with van der Waals surface area (Å²) in [7, 11) is 0. The smallest absolute Gasteiger partial charge is 0.273 e. The highest BCUT2D eigenvalue weighted by Crippen LogP contribution is 2.18. The van der Waals surface area contributed by atoms with E-state index in [1.165, 1.54) is 6.33 Å². The van der Waals surface area contributed by atoms with E-state index in [2.05, 4.69) is 38.6 Å². The molecule has 0 unspecified atom stereocenters. The lowest BCUT2D eigenvalue weighted by Gasteiger charge is -2.37. The largest absolute Gasteiger partial charge is 0.364 e. The van der Waals surface area contributed by atoms with Crippen LogP contribution in [0.25, 0.3) is 11.0 Å². The Morgan fingerprint density at radius 1 is 1.19 bits per heavy atom. The minimum absolute atomic E-state index is 0.0707. The van der Waals surface area contributed by atoms with E-state index in [-0.39, 0.29) is 5.56 Å². The first-order valence-corrected chi connectivity index (χ1v) is 7.40.